The molecule has 0 radical (unpaired) electrons. The first-order chi connectivity index (χ1) is 3.93. The highest BCUT2D eigenvalue weighted by Gasteiger charge is 2.08. The molecule has 0 saturated carbocycles. The topological polar surface area (TPSA) is 12.0 Å². The van der Waals surface area contributed by atoms with Crippen molar-refractivity contribution in [2.75, 3.05) is 6.54 Å². The van der Waals surface area contributed by atoms with Crippen molar-refractivity contribution in [2.45, 2.75) is 25.8 Å². The van der Waals surface area contributed by atoms with E-state index in [0.29, 0.717) is 6.04 Å². The third-order valence-electron chi connectivity index (χ3n) is 1.52. The van der Waals surface area contributed by atoms with Crippen LogP contribution in [0.3, 0.4) is 0 Å². The van der Waals surface area contributed by atoms with Crippen LogP contribution >= 0.6 is 0 Å². The molecular formula is C7H13N. The summed E-state index contributed by atoms with van der Waals surface area (Å²) in [5.41, 5.74) is 0. The SMILES string of the molecule is C/C=C/[C@H]1CCCN1. The van der Waals surface area contributed by atoms with Crippen LogP contribution in [-0.2, 0) is 0 Å². The molecule has 46 valence electrons. The van der Waals surface area contributed by atoms with E-state index in [4.69, 9.17) is 0 Å². The minimum absolute atomic E-state index is 0.681. The second-order valence-corrected chi connectivity index (χ2v) is 2.23. The smallest absolute Gasteiger partial charge is 0.0250 e. The van der Waals surface area contributed by atoms with E-state index in [1.807, 2.05) is 0 Å². The van der Waals surface area contributed by atoms with Crippen LogP contribution in [0.1, 0.15) is 19.8 Å². The van der Waals surface area contributed by atoms with Crippen LogP contribution in [0, 0.1) is 0 Å². The maximum atomic E-state index is 3.37. The first kappa shape index (κ1) is 5.83. The van der Waals surface area contributed by atoms with Crippen molar-refractivity contribution in [2.24, 2.45) is 0 Å². The second kappa shape index (κ2) is 2.88. The number of allylic oxidation sites excluding steroid dienone is 1. The summed E-state index contributed by atoms with van der Waals surface area (Å²) in [5.74, 6) is 0. The van der Waals surface area contributed by atoms with E-state index in [1.54, 1.807) is 0 Å². The van der Waals surface area contributed by atoms with Crippen molar-refractivity contribution in [3.05, 3.63) is 12.2 Å². The van der Waals surface area contributed by atoms with Crippen LogP contribution in [0.15, 0.2) is 12.2 Å². The van der Waals surface area contributed by atoms with Gasteiger partial charge in [-0.1, -0.05) is 12.2 Å². The second-order valence-electron chi connectivity index (χ2n) is 2.23. The van der Waals surface area contributed by atoms with Gasteiger partial charge in [0.15, 0.2) is 0 Å². The summed E-state index contributed by atoms with van der Waals surface area (Å²) in [7, 11) is 0. The fourth-order valence-electron chi connectivity index (χ4n) is 1.11. The molecule has 0 amide bonds. The third kappa shape index (κ3) is 1.34. The fourth-order valence-corrected chi connectivity index (χ4v) is 1.11. The molecule has 1 heterocycles. The summed E-state index contributed by atoms with van der Waals surface area (Å²) in [4.78, 5) is 0. The fraction of sp³-hybridized carbons (Fsp3) is 0.714. The summed E-state index contributed by atoms with van der Waals surface area (Å²) >= 11 is 0. The number of rotatable bonds is 1. The molecule has 0 aliphatic carbocycles. The Balaban J connectivity index is 2.24. The Morgan fingerprint density at radius 3 is 3.00 bits per heavy atom. The van der Waals surface area contributed by atoms with E-state index >= 15 is 0 Å². The molecule has 1 N–H and O–H groups in total. The molecular weight excluding hydrogens is 98.1 g/mol. The van der Waals surface area contributed by atoms with Crippen molar-refractivity contribution in [3.63, 3.8) is 0 Å². The first-order valence-electron chi connectivity index (χ1n) is 3.29. The lowest BCUT2D eigenvalue weighted by atomic mass is 10.2. The van der Waals surface area contributed by atoms with Gasteiger partial charge in [0.05, 0.1) is 0 Å². The summed E-state index contributed by atoms with van der Waals surface area (Å²) in [6.45, 7) is 3.27. The highest BCUT2D eigenvalue weighted by Crippen LogP contribution is 2.04. The van der Waals surface area contributed by atoms with Crippen LogP contribution in [0.5, 0.6) is 0 Å². The van der Waals surface area contributed by atoms with Crippen LogP contribution < -0.4 is 5.32 Å². The van der Waals surface area contributed by atoms with Crippen LogP contribution in [-0.4, -0.2) is 12.6 Å². The average molecular weight is 111 g/mol. The van der Waals surface area contributed by atoms with E-state index in [1.165, 1.54) is 19.4 Å². The molecule has 1 rings (SSSR count). The molecule has 1 aliphatic heterocycles. The predicted octanol–water partition coefficient (Wildman–Crippen LogP) is 1.31. The summed E-state index contributed by atoms with van der Waals surface area (Å²) in [6.07, 6.45) is 7.01. The molecule has 0 spiro atoms. The number of hydrogen-bond donors (Lipinski definition) is 1. The molecule has 8 heavy (non-hydrogen) atoms. The standard InChI is InChI=1S/C7H13N/c1-2-4-7-5-3-6-8-7/h2,4,7-8H,3,5-6H2,1H3/b4-2+/t7-/m0/s1. The van der Waals surface area contributed by atoms with Gasteiger partial charge in [0.25, 0.3) is 0 Å². The summed E-state index contributed by atoms with van der Waals surface area (Å²) < 4.78 is 0. The van der Waals surface area contributed by atoms with Gasteiger partial charge in [0.1, 0.15) is 0 Å². The number of nitrogens with one attached hydrogen (secondary N) is 1. The lowest BCUT2D eigenvalue weighted by Gasteiger charge is -1.99. The molecule has 1 nitrogen and oxygen atoms in total. The van der Waals surface area contributed by atoms with E-state index in [9.17, 15) is 0 Å². The van der Waals surface area contributed by atoms with Gasteiger partial charge >= 0.3 is 0 Å². The van der Waals surface area contributed by atoms with Gasteiger partial charge < -0.3 is 5.32 Å². The molecule has 0 aromatic rings. The van der Waals surface area contributed by atoms with E-state index in [0.717, 1.165) is 0 Å². The van der Waals surface area contributed by atoms with E-state index in [2.05, 4.69) is 24.4 Å². The number of hydrogen-bond acceptors (Lipinski definition) is 1. The summed E-state index contributed by atoms with van der Waals surface area (Å²) in [5, 5.41) is 3.37. The van der Waals surface area contributed by atoms with Gasteiger partial charge in [-0.05, 0) is 26.3 Å². The van der Waals surface area contributed by atoms with Crippen molar-refractivity contribution < 1.29 is 0 Å². The highest BCUT2D eigenvalue weighted by molar-refractivity contribution is 4.93. The normalized spacial score (nSPS) is 29.9. The maximum absolute atomic E-state index is 3.37. The largest absolute Gasteiger partial charge is 0.311 e. The zero-order valence-electron chi connectivity index (χ0n) is 5.35. The maximum Gasteiger partial charge on any atom is 0.0250 e. The Bertz CT molecular complexity index is 80.4. The molecule has 0 aromatic heterocycles. The zero-order chi connectivity index (χ0) is 5.82. The van der Waals surface area contributed by atoms with Gasteiger partial charge in [-0.3, -0.25) is 0 Å². The molecule has 0 aromatic carbocycles. The van der Waals surface area contributed by atoms with Gasteiger partial charge in [0, 0.05) is 6.04 Å². The zero-order valence-corrected chi connectivity index (χ0v) is 5.35. The Morgan fingerprint density at radius 2 is 2.50 bits per heavy atom. The predicted molar refractivity (Wildman–Crippen MR) is 35.8 cm³/mol. The first-order valence-corrected chi connectivity index (χ1v) is 3.29. The van der Waals surface area contributed by atoms with Crippen LogP contribution in [0.4, 0.5) is 0 Å². The van der Waals surface area contributed by atoms with Crippen molar-refractivity contribution >= 4 is 0 Å². The van der Waals surface area contributed by atoms with Crippen molar-refractivity contribution in [1.82, 2.24) is 5.32 Å². The van der Waals surface area contributed by atoms with Crippen molar-refractivity contribution in [3.8, 4) is 0 Å². The lowest BCUT2D eigenvalue weighted by molar-refractivity contribution is 0.727. The van der Waals surface area contributed by atoms with Crippen molar-refractivity contribution in [1.29, 1.82) is 0 Å². The van der Waals surface area contributed by atoms with Crippen LogP contribution in [0.25, 0.3) is 0 Å². The molecule has 1 aliphatic rings. The molecule has 1 atom stereocenters. The monoisotopic (exact) mass is 111 g/mol. The minimum Gasteiger partial charge on any atom is -0.311 e. The Hall–Kier alpha value is -0.300. The minimum atomic E-state index is 0.681. The Kier molecular flexibility index (Phi) is 2.10. The van der Waals surface area contributed by atoms with Gasteiger partial charge in [-0.25, -0.2) is 0 Å². The molecule has 0 unspecified atom stereocenters. The van der Waals surface area contributed by atoms with E-state index in [-0.39, 0.29) is 0 Å². The van der Waals surface area contributed by atoms with Gasteiger partial charge in [0.2, 0.25) is 0 Å². The molecule has 1 saturated heterocycles. The quantitative estimate of drug-likeness (QED) is 0.503. The lowest BCUT2D eigenvalue weighted by Crippen LogP contribution is -2.17. The molecule has 1 heteroatoms. The summed E-state index contributed by atoms with van der Waals surface area (Å²) in [6, 6.07) is 0.681. The molecule has 1 fully saturated rings. The van der Waals surface area contributed by atoms with Crippen LogP contribution in [0.2, 0.25) is 0 Å². The molecule has 0 bridgehead atoms. The Labute approximate surface area is 50.8 Å². The highest BCUT2D eigenvalue weighted by atomic mass is 14.9. The van der Waals surface area contributed by atoms with E-state index < -0.39 is 0 Å². The van der Waals surface area contributed by atoms with Gasteiger partial charge in [-0.15, -0.1) is 0 Å². The average Bonchev–Trinajstić information content (AvgIpc) is 2.19. The van der Waals surface area contributed by atoms with Gasteiger partial charge in [-0.2, -0.15) is 0 Å². The third-order valence-corrected chi connectivity index (χ3v) is 1.52. The Morgan fingerprint density at radius 1 is 1.62 bits per heavy atom.